The molecule has 1 amide bonds. The van der Waals surface area contributed by atoms with Crippen molar-refractivity contribution in [3.05, 3.63) is 137 Å². The molecule has 242 valence electrons. The molecule has 1 aliphatic rings. The summed E-state index contributed by atoms with van der Waals surface area (Å²) in [7, 11) is 1.26. The van der Waals surface area contributed by atoms with E-state index in [9.17, 15) is 14.0 Å². The summed E-state index contributed by atoms with van der Waals surface area (Å²) in [6.07, 6.45) is 0.0532. The van der Waals surface area contributed by atoms with Gasteiger partial charge < -0.3 is 24.8 Å². The van der Waals surface area contributed by atoms with Crippen LogP contribution in [0.15, 0.2) is 103 Å². The highest BCUT2D eigenvalue weighted by molar-refractivity contribution is 5.91. The summed E-state index contributed by atoms with van der Waals surface area (Å²) in [5.74, 6) is -0.427. The highest BCUT2D eigenvalue weighted by Crippen LogP contribution is 2.30. The van der Waals surface area contributed by atoms with Crippen LogP contribution in [0, 0.1) is 17.1 Å². The summed E-state index contributed by atoms with van der Waals surface area (Å²) in [6.45, 7) is 1.61. The molecular formula is C38H38FN3O5. The Morgan fingerprint density at radius 3 is 2.23 bits per heavy atom. The molecule has 0 spiro atoms. The second-order valence-electron chi connectivity index (χ2n) is 11.5. The van der Waals surface area contributed by atoms with Crippen LogP contribution >= 0.6 is 0 Å². The number of halogens is 1. The average Bonchev–Trinajstić information content (AvgIpc) is 3.11. The lowest BCUT2D eigenvalue weighted by molar-refractivity contribution is -0.120. The van der Waals surface area contributed by atoms with E-state index < -0.39 is 18.1 Å². The lowest BCUT2D eigenvalue weighted by atomic mass is 9.81. The van der Waals surface area contributed by atoms with Gasteiger partial charge in [0.1, 0.15) is 30.3 Å². The second-order valence-corrected chi connectivity index (χ2v) is 11.5. The molecule has 3 atom stereocenters. The number of nitrogens with zero attached hydrogens (tertiary/aromatic N) is 1. The summed E-state index contributed by atoms with van der Waals surface area (Å²) in [6, 6.07) is 31.7. The fourth-order valence-corrected chi connectivity index (χ4v) is 5.90. The van der Waals surface area contributed by atoms with Crippen molar-refractivity contribution < 1.29 is 28.2 Å². The predicted octanol–water partition coefficient (Wildman–Crippen LogP) is 5.73. The van der Waals surface area contributed by atoms with Gasteiger partial charge in [0.2, 0.25) is 0 Å². The van der Waals surface area contributed by atoms with Crippen LogP contribution < -0.4 is 15.4 Å². The Labute approximate surface area is 274 Å². The number of amides is 1. The second kappa shape index (κ2) is 16.5. The van der Waals surface area contributed by atoms with Crippen LogP contribution in [0.25, 0.3) is 0 Å². The number of morpholine rings is 1. The number of rotatable bonds is 13. The van der Waals surface area contributed by atoms with Gasteiger partial charge in [-0.3, -0.25) is 4.79 Å². The smallest absolute Gasteiger partial charge is 0.407 e. The topological polar surface area (TPSA) is 110 Å². The molecule has 1 saturated heterocycles. The van der Waals surface area contributed by atoms with E-state index >= 15 is 0 Å². The predicted molar refractivity (Wildman–Crippen MR) is 176 cm³/mol. The molecule has 1 fully saturated rings. The lowest BCUT2D eigenvalue weighted by Gasteiger charge is -2.31. The van der Waals surface area contributed by atoms with Gasteiger partial charge in [-0.15, -0.1) is 0 Å². The first-order chi connectivity index (χ1) is 22.9. The molecule has 0 bridgehead atoms. The molecule has 4 aromatic rings. The van der Waals surface area contributed by atoms with E-state index in [-0.39, 0.29) is 30.2 Å². The van der Waals surface area contributed by atoms with Crippen LogP contribution in [-0.4, -0.2) is 56.9 Å². The van der Waals surface area contributed by atoms with Gasteiger partial charge in [0, 0.05) is 25.4 Å². The fraction of sp³-hybridized carbons (Fsp3) is 0.289. The van der Waals surface area contributed by atoms with Crippen molar-refractivity contribution >= 4 is 11.9 Å². The third-order valence-electron chi connectivity index (χ3n) is 8.27. The Hall–Kier alpha value is -5.04. The number of carbonyl (C=O) groups is 2. The van der Waals surface area contributed by atoms with Gasteiger partial charge in [-0.05, 0) is 71.5 Å². The van der Waals surface area contributed by atoms with Crippen molar-refractivity contribution in [3.8, 4) is 11.8 Å². The summed E-state index contributed by atoms with van der Waals surface area (Å²) in [5, 5.41) is 15.2. The first-order valence-electron chi connectivity index (χ1n) is 15.7. The minimum Gasteiger partial charge on any atom is -0.491 e. The van der Waals surface area contributed by atoms with Gasteiger partial charge in [-0.25, -0.2) is 9.18 Å². The molecule has 1 heterocycles. The average molecular weight is 636 g/mol. The molecule has 0 unspecified atom stereocenters. The van der Waals surface area contributed by atoms with Gasteiger partial charge >= 0.3 is 6.09 Å². The van der Waals surface area contributed by atoms with E-state index in [0.29, 0.717) is 55.0 Å². The molecule has 8 nitrogen and oxygen atoms in total. The molecule has 1 aliphatic heterocycles. The monoisotopic (exact) mass is 635 g/mol. The fourth-order valence-electron chi connectivity index (χ4n) is 5.90. The summed E-state index contributed by atoms with van der Waals surface area (Å²) < 4.78 is 31.6. The maximum absolute atomic E-state index is 14.5. The molecule has 4 aromatic carbocycles. The largest absolute Gasteiger partial charge is 0.491 e. The molecular weight excluding hydrogens is 597 g/mol. The van der Waals surface area contributed by atoms with Crippen LogP contribution in [0.1, 0.15) is 40.2 Å². The number of nitriles is 1. The van der Waals surface area contributed by atoms with Gasteiger partial charge in [-0.2, -0.15) is 5.26 Å². The van der Waals surface area contributed by atoms with Crippen LogP contribution in [0.3, 0.4) is 0 Å². The van der Waals surface area contributed by atoms with Crippen molar-refractivity contribution in [3.63, 3.8) is 0 Å². The molecule has 0 aliphatic carbocycles. The Morgan fingerprint density at radius 1 is 0.936 bits per heavy atom. The number of ketones is 1. The van der Waals surface area contributed by atoms with Crippen molar-refractivity contribution in [2.45, 2.75) is 43.4 Å². The standard InChI is InChI=1S/C38H38FN3O5/c1-45-38(44)42-37(36(27-8-4-2-5-9-27)28-10-6-3-7-11-28)35(43)21-30-14-16-31(39)20-29(30)15-19-33-23-41-24-34(47-33)25-46-32-17-12-26(22-40)13-18-32/h2-14,16-18,20,33-34,36-37,41H,15,19,21,23-25H2,1H3,(H,42,44)/t33-,34+,37-/m1/s1. The van der Waals surface area contributed by atoms with Crippen LogP contribution in [0.4, 0.5) is 9.18 Å². The van der Waals surface area contributed by atoms with Crippen molar-refractivity contribution in [1.29, 1.82) is 5.26 Å². The van der Waals surface area contributed by atoms with Gasteiger partial charge in [0.05, 0.1) is 24.8 Å². The van der Waals surface area contributed by atoms with Gasteiger partial charge in [-0.1, -0.05) is 66.7 Å². The number of hydrogen-bond acceptors (Lipinski definition) is 7. The number of aryl methyl sites for hydroxylation is 1. The molecule has 0 radical (unpaired) electrons. The highest BCUT2D eigenvalue weighted by Gasteiger charge is 2.33. The molecule has 47 heavy (non-hydrogen) atoms. The first kappa shape index (κ1) is 33.3. The van der Waals surface area contributed by atoms with Crippen LogP contribution in [-0.2, 0) is 27.1 Å². The number of hydrogen-bond donors (Lipinski definition) is 2. The van der Waals surface area contributed by atoms with E-state index in [1.54, 1.807) is 30.3 Å². The van der Waals surface area contributed by atoms with E-state index in [2.05, 4.69) is 16.7 Å². The Bertz CT molecular complexity index is 1620. The number of benzene rings is 4. The van der Waals surface area contributed by atoms with Crippen molar-refractivity contribution in [2.24, 2.45) is 0 Å². The van der Waals surface area contributed by atoms with E-state index in [0.717, 1.165) is 11.1 Å². The number of alkyl carbamates (subject to hydrolysis) is 1. The number of carbonyl (C=O) groups excluding carboxylic acids is 2. The molecule has 0 aromatic heterocycles. The van der Waals surface area contributed by atoms with E-state index in [1.807, 2.05) is 60.7 Å². The first-order valence-corrected chi connectivity index (χ1v) is 15.7. The lowest BCUT2D eigenvalue weighted by Crippen LogP contribution is -2.47. The van der Waals surface area contributed by atoms with Crippen molar-refractivity contribution in [2.75, 3.05) is 26.8 Å². The molecule has 2 N–H and O–H groups in total. The minimum atomic E-state index is -0.937. The summed E-state index contributed by atoms with van der Waals surface area (Å²) >= 11 is 0. The zero-order chi connectivity index (χ0) is 33.0. The van der Waals surface area contributed by atoms with E-state index in [1.165, 1.54) is 19.2 Å². The third-order valence-corrected chi connectivity index (χ3v) is 8.27. The highest BCUT2D eigenvalue weighted by atomic mass is 19.1. The van der Waals surface area contributed by atoms with E-state index in [4.69, 9.17) is 19.5 Å². The van der Waals surface area contributed by atoms with Gasteiger partial charge in [0.15, 0.2) is 5.78 Å². The van der Waals surface area contributed by atoms with Crippen LogP contribution in [0.5, 0.6) is 5.75 Å². The maximum atomic E-state index is 14.5. The quantitative estimate of drug-likeness (QED) is 0.193. The molecule has 5 rings (SSSR count). The summed E-state index contributed by atoms with van der Waals surface area (Å²) in [4.78, 5) is 26.7. The number of nitrogens with one attached hydrogen (secondary N) is 2. The van der Waals surface area contributed by atoms with Gasteiger partial charge in [0.25, 0.3) is 0 Å². The minimum absolute atomic E-state index is 0.00866. The Morgan fingerprint density at radius 2 is 1.60 bits per heavy atom. The maximum Gasteiger partial charge on any atom is 0.407 e. The summed E-state index contributed by atoms with van der Waals surface area (Å²) in [5.41, 5.74) is 3.71. The van der Waals surface area contributed by atoms with Crippen molar-refractivity contribution in [1.82, 2.24) is 10.6 Å². The Balaban J connectivity index is 1.29. The zero-order valence-corrected chi connectivity index (χ0v) is 26.2. The number of Topliss-reactive ketones (excluding diaryl/α,β-unsaturated/α-hetero) is 1. The van der Waals surface area contributed by atoms with Crippen LogP contribution in [0.2, 0.25) is 0 Å². The molecule has 0 saturated carbocycles. The Kier molecular flexibility index (Phi) is 11.7. The third kappa shape index (κ3) is 9.26. The SMILES string of the molecule is COC(=O)N[C@H](C(=O)Cc1ccc(F)cc1CC[C@@H]1CNC[C@@H](COc2ccc(C#N)cc2)O1)C(c1ccccc1)c1ccccc1. The number of methoxy groups -OCH3 is 1. The normalized spacial score (nSPS) is 16.6. The number of ether oxygens (including phenoxy) is 3. The zero-order valence-electron chi connectivity index (χ0n) is 26.2. The molecule has 9 heteroatoms.